The van der Waals surface area contributed by atoms with E-state index in [9.17, 15) is 0 Å². The highest BCUT2D eigenvalue weighted by Gasteiger charge is 2.46. The van der Waals surface area contributed by atoms with Crippen molar-refractivity contribution in [2.45, 2.75) is 138 Å². The van der Waals surface area contributed by atoms with Gasteiger partial charge in [0, 0.05) is 5.92 Å². The van der Waals surface area contributed by atoms with Crippen LogP contribution in [0.3, 0.4) is 0 Å². The molecule has 3 nitrogen and oxygen atoms in total. The van der Waals surface area contributed by atoms with Gasteiger partial charge in [0.05, 0.1) is 18.3 Å². The minimum Gasteiger partial charge on any atom is -0.324 e. The summed E-state index contributed by atoms with van der Waals surface area (Å²) in [7, 11) is 0. The van der Waals surface area contributed by atoms with Gasteiger partial charge in [-0.1, -0.05) is 65.7 Å². The highest BCUT2D eigenvalue weighted by molar-refractivity contribution is 4.79. The van der Waals surface area contributed by atoms with Gasteiger partial charge in [0.2, 0.25) is 0 Å². The summed E-state index contributed by atoms with van der Waals surface area (Å²) in [5.41, 5.74) is 0. The molecule has 0 aliphatic heterocycles. The van der Waals surface area contributed by atoms with Crippen molar-refractivity contribution in [1.29, 1.82) is 0 Å². The van der Waals surface area contributed by atoms with E-state index in [2.05, 4.69) is 62.3 Å². The fourth-order valence-corrected chi connectivity index (χ4v) is 3.57. The van der Waals surface area contributed by atoms with Gasteiger partial charge < -0.3 is 14.2 Å². The largest absolute Gasteiger partial charge is 0.324 e. The molecule has 158 valence electrons. The molecule has 0 spiro atoms. The van der Waals surface area contributed by atoms with Crippen molar-refractivity contribution in [1.82, 2.24) is 0 Å². The van der Waals surface area contributed by atoms with E-state index in [4.69, 9.17) is 14.2 Å². The molecule has 0 aliphatic carbocycles. The maximum atomic E-state index is 6.40. The quantitative estimate of drug-likeness (QED) is 0.210. The summed E-state index contributed by atoms with van der Waals surface area (Å²) >= 11 is 0. The molecule has 2 atom stereocenters. The molecular weight excluding hydrogens is 324 g/mol. The third-order valence-corrected chi connectivity index (χ3v) is 4.85. The van der Waals surface area contributed by atoms with Gasteiger partial charge in [0.1, 0.15) is 0 Å². The van der Waals surface area contributed by atoms with Crippen LogP contribution in [0.5, 0.6) is 0 Å². The minimum absolute atomic E-state index is 0.0589. The Labute approximate surface area is 164 Å². The van der Waals surface area contributed by atoms with Crippen LogP contribution in [0.15, 0.2) is 0 Å². The standard InChI is InChI=1S/C23H48O3/c1-10-12-13-14-15-16-17-22(21(9)11-2)23(24-18(3)4,25-19(5)6)26-20(7)8/h18-22H,10-17H2,1-9H3. The SMILES string of the molecule is CCCCCCCCC(C(C)CC)C(OC(C)C)(OC(C)C)OC(C)C. The number of ether oxygens (including phenoxy) is 3. The molecule has 0 aliphatic rings. The van der Waals surface area contributed by atoms with E-state index in [0.29, 0.717) is 5.92 Å². The topological polar surface area (TPSA) is 27.7 Å². The fraction of sp³-hybridized carbons (Fsp3) is 1.00. The molecular formula is C23H48O3. The molecule has 0 heterocycles. The van der Waals surface area contributed by atoms with Crippen molar-refractivity contribution in [2.24, 2.45) is 11.8 Å². The molecule has 0 rings (SSSR count). The second kappa shape index (κ2) is 14.0. The second-order valence-electron chi connectivity index (χ2n) is 8.65. The molecule has 0 aromatic carbocycles. The molecule has 0 fully saturated rings. The summed E-state index contributed by atoms with van der Waals surface area (Å²) in [6, 6.07) is 0. The van der Waals surface area contributed by atoms with E-state index in [1.807, 2.05) is 0 Å². The molecule has 0 saturated heterocycles. The Bertz CT molecular complexity index is 299. The summed E-state index contributed by atoms with van der Waals surface area (Å²) in [6.07, 6.45) is 10.2. The lowest BCUT2D eigenvalue weighted by molar-refractivity contribution is -0.437. The molecule has 2 unspecified atom stereocenters. The first-order chi connectivity index (χ1) is 12.2. The van der Waals surface area contributed by atoms with Crippen molar-refractivity contribution in [2.75, 3.05) is 0 Å². The number of hydrogen-bond acceptors (Lipinski definition) is 3. The Morgan fingerprint density at radius 1 is 0.615 bits per heavy atom. The molecule has 3 heteroatoms. The van der Waals surface area contributed by atoms with Gasteiger partial charge in [-0.2, -0.15) is 0 Å². The lowest BCUT2D eigenvalue weighted by Gasteiger charge is -2.45. The molecule has 0 saturated carbocycles. The monoisotopic (exact) mass is 372 g/mol. The normalized spacial score (nSPS) is 15.2. The predicted octanol–water partition coefficient (Wildman–Crippen LogP) is 7.33. The van der Waals surface area contributed by atoms with E-state index < -0.39 is 5.97 Å². The maximum Gasteiger partial charge on any atom is 0.286 e. The average Bonchev–Trinajstić information content (AvgIpc) is 2.51. The first-order valence-electron chi connectivity index (χ1n) is 11.2. The Hall–Kier alpha value is -0.120. The van der Waals surface area contributed by atoms with Crippen molar-refractivity contribution in [3.63, 3.8) is 0 Å². The lowest BCUT2D eigenvalue weighted by atomic mass is 9.84. The lowest BCUT2D eigenvalue weighted by Crippen LogP contribution is -2.52. The highest BCUT2D eigenvalue weighted by Crippen LogP contribution is 2.39. The van der Waals surface area contributed by atoms with Crippen LogP contribution < -0.4 is 0 Å². The number of unbranched alkanes of at least 4 members (excludes halogenated alkanes) is 5. The molecule has 0 aromatic rings. The Morgan fingerprint density at radius 3 is 1.42 bits per heavy atom. The summed E-state index contributed by atoms with van der Waals surface area (Å²) in [5.74, 6) is -0.220. The summed E-state index contributed by atoms with van der Waals surface area (Å²) in [4.78, 5) is 0. The third-order valence-electron chi connectivity index (χ3n) is 4.85. The van der Waals surface area contributed by atoms with E-state index in [1.165, 1.54) is 38.5 Å². The summed E-state index contributed by atoms with van der Waals surface area (Å²) in [5, 5.41) is 0. The third kappa shape index (κ3) is 10.3. The van der Waals surface area contributed by atoms with Crippen molar-refractivity contribution in [3.05, 3.63) is 0 Å². The van der Waals surface area contributed by atoms with Gasteiger partial charge in [0.25, 0.3) is 5.97 Å². The zero-order chi connectivity index (χ0) is 20.2. The molecule has 0 radical (unpaired) electrons. The first-order valence-corrected chi connectivity index (χ1v) is 11.2. The zero-order valence-corrected chi connectivity index (χ0v) is 19.3. The van der Waals surface area contributed by atoms with Crippen LogP contribution in [-0.2, 0) is 14.2 Å². The average molecular weight is 373 g/mol. The smallest absolute Gasteiger partial charge is 0.286 e. The Balaban J connectivity index is 5.33. The molecule has 26 heavy (non-hydrogen) atoms. The van der Waals surface area contributed by atoms with Crippen molar-refractivity contribution < 1.29 is 14.2 Å². The van der Waals surface area contributed by atoms with Gasteiger partial charge in [-0.05, 0) is 53.9 Å². The van der Waals surface area contributed by atoms with E-state index in [1.54, 1.807) is 0 Å². The highest BCUT2D eigenvalue weighted by atomic mass is 16.9. The fourth-order valence-electron chi connectivity index (χ4n) is 3.57. The Morgan fingerprint density at radius 2 is 1.04 bits per heavy atom. The number of rotatable bonds is 16. The van der Waals surface area contributed by atoms with Crippen LogP contribution >= 0.6 is 0 Å². The Kier molecular flexibility index (Phi) is 13.9. The van der Waals surface area contributed by atoms with Crippen molar-refractivity contribution >= 4 is 0 Å². The van der Waals surface area contributed by atoms with Gasteiger partial charge in [-0.15, -0.1) is 0 Å². The molecule has 0 amide bonds. The first kappa shape index (κ1) is 25.9. The van der Waals surface area contributed by atoms with E-state index in [-0.39, 0.29) is 24.2 Å². The van der Waals surface area contributed by atoms with Gasteiger partial charge >= 0.3 is 0 Å². The zero-order valence-electron chi connectivity index (χ0n) is 19.3. The van der Waals surface area contributed by atoms with Crippen molar-refractivity contribution in [3.8, 4) is 0 Å². The maximum absolute atomic E-state index is 6.40. The molecule has 0 N–H and O–H groups in total. The van der Waals surface area contributed by atoms with E-state index >= 15 is 0 Å². The minimum atomic E-state index is -0.949. The summed E-state index contributed by atoms with van der Waals surface area (Å²) < 4.78 is 19.2. The predicted molar refractivity (Wildman–Crippen MR) is 112 cm³/mol. The van der Waals surface area contributed by atoms with Gasteiger partial charge in [0.15, 0.2) is 0 Å². The molecule has 0 bridgehead atoms. The summed E-state index contributed by atoms with van der Waals surface area (Å²) in [6.45, 7) is 19.3. The number of hydrogen-bond donors (Lipinski definition) is 0. The van der Waals surface area contributed by atoms with Gasteiger partial charge in [-0.3, -0.25) is 0 Å². The second-order valence-corrected chi connectivity index (χ2v) is 8.65. The van der Waals surface area contributed by atoms with Crippen LogP contribution in [0.25, 0.3) is 0 Å². The van der Waals surface area contributed by atoms with Crippen LogP contribution in [0, 0.1) is 11.8 Å². The van der Waals surface area contributed by atoms with Gasteiger partial charge in [-0.25, -0.2) is 0 Å². The van der Waals surface area contributed by atoms with Crippen LogP contribution in [0.2, 0.25) is 0 Å². The molecule has 0 aromatic heterocycles. The van der Waals surface area contributed by atoms with Crippen LogP contribution in [0.4, 0.5) is 0 Å². The van der Waals surface area contributed by atoms with Crippen LogP contribution in [0.1, 0.15) is 114 Å². The van der Waals surface area contributed by atoms with E-state index in [0.717, 1.165) is 12.8 Å². The van der Waals surface area contributed by atoms with Crippen LogP contribution in [-0.4, -0.2) is 24.3 Å².